The van der Waals surface area contributed by atoms with E-state index in [1.165, 1.54) is 12.8 Å². The van der Waals surface area contributed by atoms with Gasteiger partial charge in [0.15, 0.2) is 0 Å². The summed E-state index contributed by atoms with van der Waals surface area (Å²) in [6.45, 7) is 3.95. The second kappa shape index (κ2) is 6.53. The second-order valence-electron chi connectivity index (χ2n) is 3.78. The van der Waals surface area contributed by atoms with Crippen LogP contribution in [0.25, 0.3) is 0 Å². The maximum Gasteiger partial charge on any atom is 0.272 e. The van der Waals surface area contributed by atoms with Gasteiger partial charge in [-0.2, -0.15) is 0 Å². The maximum absolute atomic E-state index is 11.5. The summed E-state index contributed by atoms with van der Waals surface area (Å²) in [5, 5.41) is 2.45. The predicted octanol–water partition coefficient (Wildman–Crippen LogP) is 2.08. The van der Waals surface area contributed by atoms with E-state index in [1.54, 1.807) is 0 Å². The van der Waals surface area contributed by atoms with E-state index in [4.69, 9.17) is 4.74 Å². The van der Waals surface area contributed by atoms with Crippen LogP contribution in [-0.4, -0.2) is 32.2 Å². The van der Waals surface area contributed by atoms with Gasteiger partial charge in [0.1, 0.15) is 0 Å². The van der Waals surface area contributed by atoms with Crippen LogP contribution in [0.15, 0.2) is 0 Å². The smallest absolute Gasteiger partial charge is 0.272 e. The van der Waals surface area contributed by atoms with E-state index in [0.29, 0.717) is 0 Å². The first-order valence-electron chi connectivity index (χ1n) is 4.76. The lowest BCUT2D eigenvalue weighted by atomic mass is 10.1. The van der Waals surface area contributed by atoms with Crippen LogP contribution in [-0.2, 0) is 4.74 Å². The monoisotopic (exact) mass is 229 g/mol. The highest BCUT2D eigenvalue weighted by Crippen LogP contribution is 2.16. The van der Waals surface area contributed by atoms with E-state index in [1.807, 2.05) is 0 Å². The minimum Gasteiger partial charge on any atom is -0.381 e. The fraction of sp³-hybridized carbons (Fsp3) is 1.00. The number of hydrogen-bond donors (Lipinski definition) is 1. The highest BCUT2D eigenvalue weighted by molar-refractivity contribution is 5.85. The van der Waals surface area contributed by atoms with Crippen LogP contribution in [0.1, 0.15) is 19.8 Å². The molecule has 86 valence electrons. The quantitative estimate of drug-likeness (QED) is 0.687. The number of nitrogens with one attached hydrogen (secondary N) is 1. The minimum absolute atomic E-state index is 0. The third kappa shape index (κ3) is 5.73. The zero-order valence-electron chi connectivity index (χ0n) is 8.39. The zero-order chi connectivity index (χ0) is 9.73. The highest BCUT2D eigenvalue weighted by atomic mass is 35.5. The van der Waals surface area contributed by atoms with Gasteiger partial charge in [-0.25, -0.2) is 8.78 Å². The van der Waals surface area contributed by atoms with E-state index in [-0.39, 0.29) is 25.5 Å². The molecule has 0 amide bonds. The minimum atomic E-state index is -2.39. The molecule has 0 aromatic rings. The molecule has 1 unspecified atom stereocenters. The Bertz CT molecular complexity index is 146. The Morgan fingerprint density at radius 2 is 1.93 bits per heavy atom. The van der Waals surface area contributed by atoms with E-state index >= 15 is 0 Å². The van der Waals surface area contributed by atoms with Gasteiger partial charge in [-0.15, -0.1) is 12.4 Å². The second-order valence-corrected chi connectivity index (χ2v) is 3.78. The van der Waals surface area contributed by atoms with Gasteiger partial charge in [0, 0.05) is 13.2 Å². The molecule has 0 saturated carbocycles. The zero-order valence-corrected chi connectivity index (χ0v) is 9.21. The molecule has 2 aliphatic rings. The van der Waals surface area contributed by atoms with Crippen LogP contribution in [0.2, 0.25) is 0 Å². The van der Waals surface area contributed by atoms with Crippen LogP contribution in [0, 0.1) is 5.92 Å². The molecule has 5 heteroatoms. The number of rotatable bonds is 0. The van der Waals surface area contributed by atoms with Crippen LogP contribution in [0.5, 0.6) is 0 Å². The first-order valence-corrected chi connectivity index (χ1v) is 4.76. The van der Waals surface area contributed by atoms with Gasteiger partial charge in [0.25, 0.3) is 5.92 Å². The highest BCUT2D eigenvalue weighted by Gasteiger charge is 2.36. The first kappa shape index (κ1) is 14.1. The van der Waals surface area contributed by atoms with Crippen molar-refractivity contribution in [2.45, 2.75) is 25.7 Å². The van der Waals surface area contributed by atoms with Gasteiger partial charge in [0.2, 0.25) is 0 Å². The summed E-state index contributed by atoms with van der Waals surface area (Å²) in [6, 6.07) is 0. The lowest BCUT2D eigenvalue weighted by molar-refractivity contribution is -0.0475. The van der Waals surface area contributed by atoms with Crippen molar-refractivity contribution in [3.63, 3.8) is 0 Å². The molecule has 2 heterocycles. The SMILES string of the molecule is CC1CCCOC1.Cl.FC1(F)CNC1. The molecular formula is C9H18ClF2NO. The van der Waals surface area contributed by atoms with Gasteiger partial charge in [-0.05, 0) is 18.8 Å². The molecule has 1 atom stereocenters. The van der Waals surface area contributed by atoms with Gasteiger partial charge in [0.05, 0.1) is 13.1 Å². The maximum atomic E-state index is 11.5. The van der Waals surface area contributed by atoms with E-state index < -0.39 is 5.92 Å². The van der Waals surface area contributed by atoms with Crippen molar-refractivity contribution in [2.75, 3.05) is 26.3 Å². The summed E-state index contributed by atoms with van der Waals surface area (Å²) in [5.74, 6) is -1.58. The van der Waals surface area contributed by atoms with Crippen LogP contribution < -0.4 is 5.32 Å². The average molecular weight is 230 g/mol. The number of halogens is 3. The predicted molar refractivity (Wildman–Crippen MR) is 54.3 cm³/mol. The molecule has 0 aromatic heterocycles. The molecule has 14 heavy (non-hydrogen) atoms. The van der Waals surface area contributed by atoms with Crippen LogP contribution in [0.4, 0.5) is 8.78 Å². The molecule has 2 fully saturated rings. The summed E-state index contributed by atoms with van der Waals surface area (Å²) in [5.41, 5.74) is 0. The summed E-state index contributed by atoms with van der Waals surface area (Å²) in [6.07, 6.45) is 2.63. The van der Waals surface area contributed by atoms with Gasteiger partial charge >= 0.3 is 0 Å². The average Bonchev–Trinajstić information content (AvgIpc) is 2.04. The Balaban J connectivity index is 0.000000227. The third-order valence-corrected chi connectivity index (χ3v) is 2.16. The van der Waals surface area contributed by atoms with E-state index in [2.05, 4.69) is 12.2 Å². The van der Waals surface area contributed by atoms with Crippen molar-refractivity contribution < 1.29 is 13.5 Å². The fourth-order valence-corrected chi connectivity index (χ4v) is 1.22. The summed E-state index contributed by atoms with van der Waals surface area (Å²) < 4.78 is 28.1. The summed E-state index contributed by atoms with van der Waals surface area (Å²) in [7, 11) is 0. The van der Waals surface area contributed by atoms with E-state index in [0.717, 1.165) is 19.1 Å². The van der Waals surface area contributed by atoms with Crippen molar-refractivity contribution >= 4 is 12.4 Å². The lowest BCUT2D eigenvalue weighted by Gasteiger charge is -2.25. The van der Waals surface area contributed by atoms with Crippen molar-refractivity contribution in [1.82, 2.24) is 5.32 Å². The van der Waals surface area contributed by atoms with Crippen molar-refractivity contribution in [2.24, 2.45) is 5.92 Å². The molecule has 0 aromatic carbocycles. The largest absolute Gasteiger partial charge is 0.381 e. The number of hydrogen-bond acceptors (Lipinski definition) is 2. The third-order valence-electron chi connectivity index (χ3n) is 2.16. The van der Waals surface area contributed by atoms with Crippen LogP contribution in [0.3, 0.4) is 0 Å². The number of alkyl halides is 2. The molecule has 1 N–H and O–H groups in total. The lowest BCUT2D eigenvalue weighted by Crippen LogP contribution is -2.52. The number of ether oxygens (including phenoxy) is 1. The Kier molecular flexibility index (Phi) is 6.57. The molecule has 0 bridgehead atoms. The standard InChI is InChI=1S/C6H12O.C3H5F2N.ClH/c1-6-3-2-4-7-5-6;4-3(5)1-6-2-3;/h6H,2-5H2,1H3;6H,1-2H2;1H. The molecule has 2 rings (SSSR count). The fourth-order valence-electron chi connectivity index (χ4n) is 1.22. The Labute approximate surface area is 89.8 Å². The molecule has 0 aliphatic carbocycles. The summed E-state index contributed by atoms with van der Waals surface area (Å²) in [4.78, 5) is 0. The molecule has 0 radical (unpaired) electrons. The van der Waals surface area contributed by atoms with Crippen molar-refractivity contribution in [3.8, 4) is 0 Å². The van der Waals surface area contributed by atoms with Crippen molar-refractivity contribution in [3.05, 3.63) is 0 Å². The Morgan fingerprint density at radius 3 is 2.07 bits per heavy atom. The van der Waals surface area contributed by atoms with Crippen LogP contribution >= 0.6 is 12.4 Å². The molecule has 2 nitrogen and oxygen atoms in total. The molecule has 2 aliphatic heterocycles. The summed E-state index contributed by atoms with van der Waals surface area (Å²) >= 11 is 0. The van der Waals surface area contributed by atoms with Crippen molar-refractivity contribution in [1.29, 1.82) is 0 Å². The van der Waals surface area contributed by atoms with Gasteiger partial charge in [-0.1, -0.05) is 6.92 Å². The first-order chi connectivity index (χ1) is 6.10. The van der Waals surface area contributed by atoms with E-state index in [9.17, 15) is 8.78 Å². The van der Waals surface area contributed by atoms with Gasteiger partial charge in [-0.3, -0.25) is 0 Å². The molecule has 2 saturated heterocycles. The molecular weight excluding hydrogens is 212 g/mol. The Hall–Kier alpha value is 0.0700. The molecule has 0 spiro atoms. The normalized spacial score (nSPS) is 28.9. The topological polar surface area (TPSA) is 21.3 Å². The van der Waals surface area contributed by atoms with Gasteiger partial charge < -0.3 is 10.1 Å². The Morgan fingerprint density at radius 1 is 1.36 bits per heavy atom.